The van der Waals surface area contributed by atoms with Gasteiger partial charge in [-0.1, -0.05) is 30.3 Å². The number of hydrogen-bond donors (Lipinski definition) is 2. The second kappa shape index (κ2) is 10.6. The number of carbonyl (C=O) groups excluding carboxylic acids is 1. The van der Waals surface area contributed by atoms with E-state index in [1.165, 1.54) is 48.5 Å². The van der Waals surface area contributed by atoms with Gasteiger partial charge in [0.1, 0.15) is 22.9 Å². The number of nitrogens with one attached hydrogen (secondary N) is 2. The van der Waals surface area contributed by atoms with Crippen LogP contribution in [0.4, 0.5) is 4.39 Å². The zero-order valence-electron chi connectivity index (χ0n) is 19.9. The number of ether oxygens (including phenoxy) is 2. The first-order valence-electron chi connectivity index (χ1n) is 12.0. The maximum absolute atomic E-state index is 13.4. The van der Waals surface area contributed by atoms with Crippen molar-refractivity contribution in [3.8, 4) is 11.5 Å². The molecule has 3 aromatic rings. The second-order valence-corrected chi connectivity index (χ2v) is 11.0. The lowest BCUT2D eigenvalue weighted by Crippen LogP contribution is -2.62. The summed E-state index contributed by atoms with van der Waals surface area (Å²) in [5.41, 5.74) is 1.91. The molecule has 3 aromatic carbocycles. The third-order valence-electron chi connectivity index (χ3n) is 6.54. The molecule has 194 valence electrons. The topological polar surface area (TPSA) is 103 Å². The van der Waals surface area contributed by atoms with E-state index in [9.17, 15) is 17.6 Å². The summed E-state index contributed by atoms with van der Waals surface area (Å²) in [5, 5.41) is 0. The average molecular weight is 527 g/mol. The van der Waals surface area contributed by atoms with Crippen molar-refractivity contribution in [2.24, 2.45) is 0 Å². The Morgan fingerprint density at radius 3 is 2.14 bits per heavy atom. The van der Waals surface area contributed by atoms with Crippen LogP contribution in [0.3, 0.4) is 0 Å². The minimum absolute atomic E-state index is 0.0184. The van der Waals surface area contributed by atoms with Crippen LogP contribution in [0.15, 0.2) is 83.8 Å². The summed E-state index contributed by atoms with van der Waals surface area (Å²) in [7, 11) is -4.08. The zero-order valence-corrected chi connectivity index (χ0v) is 20.7. The Morgan fingerprint density at radius 2 is 1.51 bits per heavy atom. The van der Waals surface area contributed by atoms with Gasteiger partial charge in [0.25, 0.3) is 5.91 Å². The van der Waals surface area contributed by atoms with Gasteiger partial charge in [-0.25, -0.2) is 18.3 Å². The summed E-state index contributed by atoms with van der Waals surface area (Å²) in [6, 6.07) is 20.6. The molecule has 2 heterocycles. The molecule has 0 radical (unpaired) electrons. The molecule has 0 aliphatic carbocycles. The van der Waals surface area contributed by atoms with Crippen LogP contribution in [-0.4, -0.2) is 32.1 Å². The van der Waals surface area contributed by atoms with E-state index in [2.05, 4.69) is 10.2 Å². The van der Waals surface area contributed by atoms with Gasteiger partial charge in [0.05, 0.1) is 23.7 Å². The van der Waals surface area contributed by atoms with Crippen LogP contribution in [0.2, 0.25) is 0 Å². The number of hydroxylamine groups is 1. The van der Waals surface area contributed by atoms with Crippen LogP contribution in [0.5, 0.6) is 11.5 Å². The molecule has 2 aliphatic rings. The van der Waals surface area contributed by atoms with E-state index < -0.39 is 21.5 Å². The molecular formula is C27H27FN2O6S. The van der Waals surface area contributed by atoms with Gasteiger partial charge in [-0.05, 0) is 66.9 Å². The van der Waals surface area contributed by atoms with Gasteiger partial charge in [0.15, 0.2) is 0 Å². The van der Waals surface area contributed by atoms with Gasteiger partial charge in [0.2, 0.25) is 10.0 Å². The van der Waals surface area contributed by atoms with E-state index in [0.717, 1.165) is 18.4 Å². The summed E-state index contributed by atoms with van der Waals surface area (Å²) < 4.78 is 54.1. The summed E-state index contributed by atoms with van der Waals surface area (Å²) in [4.78, 5) is 18.8. The molecule has 5 rings (SSSR count). The predicted molar refractivity (Wildman–Crippen MR) is 132 cm³/mol. The summed E-state index contributed by atoms with van der Waals surface area (Å²) in [6.45, 7) is 0.147. The van der Waals surface area contributed by atoms with Crippen LogP contribution < -0.4 is 14.9 Å². The van der Waals surface area contributed by atoms with Gasteiger partial charge < -0.3 is 9.47 Å². The molecule has 2 fully saturated rings. The standard InChI is InChI=1S/C27H27FN2O6S/c28-20-6-8-21(9-7-20)35-22-12-14-25(15-13-22)37(32,33)30-27(16-23-10-11-24(17-27)36-23)26(31)29-34-18-19-4-2-1-3-5-19/h1-9,12-15,23-24,30H,10-11,16-18H2,(H,29,31)/t23-,24+,27-. The van der Waals surface area contributed by atoms with E-state index in [4.69, 9.17) is 14.3 Å². The number of halogens is 1. The fourth-order valence-electron chi connectivity index (χ4n) is 4.75. The number of hydrogen-bond acceptors (Lipinski definition) is 6. The molecule has 0 unspecified atom stereocenters. The van der Waals surface area contributed by atoms with Crippen LogP contribution in [0.25, 0.3) is 0 Å². The van der Waals surface area contributed by atoms with Gasteiger partial charge in [0, 0.05) is 12.8 Å². The number of carbonyl (C=O) groups is 1. The van der Waals surface area contributed by atoms with E-state index in [1.54, 1.807) is 0 Å². The van der Waals surface area contributed by atoms with Crippen molar-refractivity contribution in [3.63, 3.8) is 0 Å². The third-order valence-corrected chi connectivity index (χ3v) is 8.09. The van der Waals surface area contributed by atoms with Crippen molar-refractivity contribution in [2.45, 2.75) is 54.9 Å². The number of benzene rings is 3. The molecule has 2 N–H and O–H groups in total. The molecule has 37 heavy (non-hydrogen) atoms. The SMILES string of the molecule is O=C(NOCc1ccccc1)[C@@]1(NS(=O)(=O)c2ccc(Oc3ccc(F)cc3)cc2)C[C@H]2CC[C@@H](C1)O2. The highest BCUT2D eigenvalue weighted by atomic mass is 32.2. The van der Waals surface area contributed by atoms with Crippen molar-refractivity contribution in [3.05, 3.63) is 90.2 Å². The van der Waals surface area contributed by atoms with Gasteiger partial charge >= 0.3 is 0 Å². The quantitative estimate of drug-likeness (QED) is 0.405. The molecule has 0 aromatic heterocycles. The molecule has 0 saturated carbocycles. The van der Waals surface area contributed by atoms with E-state index >= 15 is 0 Å². The highest BCUT2D eigenvalue weighted by molar-refractivity contribution is 7.89. The average Bonchev–Trinajstić information content (AvgIpc) is 3.24. The molecular weight excluding hydrogens is 499 g/mol. The number of amides is 1. The number of sulfonamides is 1. The largest absolute Gasteiger partial charge is 0.457 e. The Kier molecular flexibility index (Phi) is 7.25. The van der Waals surface area contributed by atoms with Crippen molar-refractivity contribution in [1.82, 2.24) is 10.2 Å². The van der Waals surface area contributed by atoms with Crippen LogP contribution in [0, 0.1) is 5.82 Å². The second-order valence-electron chi connectivity index (χ2n) is 9.29. The highest BCUT2D eigenvalue weighted by Gasteiger charge is 2.52. The van der Waals surface area contributed by atoms with Gasteiger partial charge in [-0.15, -0.1) is 0 Å². The number of fused-ring (bicyclic) bond motifs is 2. The molecule has 2 saturated heterocycles. The number of rotatable bonds is 9. The smallest absolute Gasteiger partial charge is 0.265 e. The Morgan fingerprint density at radius 1 is 0.919 bits per heavy atom. The van der Waals surface area contributed by atoms with Crippen molar-refractivity contribution in [1.29, 1.82) is 0 Å². The van der Waals surface area contributed by atoms with E-state index in [-0.39, 0.29) is 42.4 Å². The minimum Gasteiger partial charge on any atom is -0.457 e. The maximum atomic E-state index is 13.4. The highest BCUT2D eigenvalue weighted by Crippen LogP contribution is 2.39. The van der Waals surface area contributed by atoms with Gasteiger partial charge in [-0.2, -0.15) is 4.72 Å². The molecule has 2 aliphatic heterocycles. The summed E-state index contributed by atoms with van der Waals surface area (Å²) in [6.07, 6.45) is 1.51. The molecule has 8 nitrogen and oxygen atoms in total. The fourth-order valence-corrected chi connectivity index (χ4v) is 6.14. The van der Waals surface area contributed by atoms with E-state index in [1.807, 2.05) is 30.3 Å². The fraction of sp³-hybridized carbons (Fsp3) is 0.296. The Hall–Kier alpha value is -3.31. The first-order valence-corrected chi connectivity index (χ1v) is 13.5. The van der Waals surface area contributed by atoms with Crippen molar-refractivity contribution >= 4 is 15.9 Å². The molecule has 0 spiro atoms. The molecule has 1 amide bonds. The Labute approximate surface area is 214 Å². The summed E-state index contributed by atoms with van der Waals surface area (Å²) >= 11 is 0. The lowest BCUT2D eigenvalue weighted by molar-refractivity contribution is -0.148. The van der Waals surface area contributed by atoms with Crippen molar-refractivity contribution in [2.75, 3.05) is 0 Å². The predicted octanol–water partition coefficient (Wildman–Crippen LogP) is 4.22. The first kappa shape index (κ1) is 25.3. The van der Waals surface area contributed by atoms with Crippen molar-refractivity contribution < 1.29 is 31.9 Å². The maximum Gasteiger partial charge on any atom is 0.265 e. The molecule has 10 heteroatoms. The van der Waals surface area contributed by atoms with Crippen LogP contribution in [0.1, 0.15) is 31.2 Å². The monoisotopic (exact) mass is 526 g/mol. The van der Waals surface area contributed by atoms with Gasteiger partial charge in [-0.3, -0.25) is 9.63 Å². The lowest BCUT2D eigenvalue weighted by Gasteiger charge is -2.39. The third kappa shape index (κ3) is 5.99. The summed E-state index contributed by atoms with van der Waals surface area (Å²) in [5.74, 6) is -0.135. The lowest BCUT2D eigenvalue weighted by atomic mass is 9.87. The van der Waals surface area contributed by atoms with Crippen LogP contribution >= 0.6 is 0 Å². The minimum atomic E-state index is -4.08. The Balaban J connectivity index is 1.30. The zero-order chi connectivity index (χ0) is 25.9. The first-order chi connectivity index (χ1) is 17.8. The molecule has 2 bridgehead atoms. The molecule has 3 atom stereocenters. The van der Waals surface area contributed by atoms with Crippen LogP contribution in [-0.2, 0) is 31.0 Å². The van der Waals surface area contributed by atoms with E-state index in [0.29, 0.717) is 11.5 Å². The Bertz CT molecular complexity index is 1320. The normalized spacial score (nSPS) is 22.9.